The normalized spacial score (nSPS) is 14.1. The number of carboxylic acid groups (broad SMARTS) is 1. The molecule has 1 aliphatic heterocycles. The molecule has 154 valence electrons. The van der Waals surface area contributed by atoms with Gasteiger partial charge in [-0.3, -0.25) is 9.59 Å². The predicted octanol–water partition coefficient (Wildman–Crippen LogP) is 6.66. The number of ether oxygens (including phenoxy) is 1. The van der Waals surface area contributed by atoms with Gasteiger partial charge in [-0.05, 0) is 25.7 Å². The summed E-state index contributed by atoms with van der Waals surface area (Å²) in [6, 6.07) is 0. The largest absolute Gasteiger partial charge is 0.481 e. The third-order valence-electron chi connectivity index (χ3n) is 4.78. The van der Waals surface area contributed by atoms with Gasteiger partial charge < -0.3 is 9.84 Å². The van der Waals surface area contributed by atoms with Crippen molar-refractivity contribution in [2.75, 3.05) is 6.61 Å². The minimum absolute atomic E-state index is 0.0255. The lowest BCUT2D eigenvalue weighted by atomic mass is 10.0. The second kappa shape index (κ2) is 20.3. The van der Waals surface area contributed by atoms with Crippen LogP contribution in [-0.4, -0.2) is 23.7 Å². The predicted molar refractivity (Wildman–Crippen MR) is 107 cm³/mol. The highest BCUT2D eigenvalue weighted by Gasteiger charge is 2.05. The molecular weight excluding hydrogens is 328 g/mol. The van der Waals surface area contributed by atoms with E-state index in [0.29, 0.717) is 19.4 Å². The molecule has 1 fully saturated rings. The van der Waals surface area contributed by atoms with Gasteiger partial charge in [0.15, 0.2) is 0 Å². The molecular formula is C22H42O4. The van der Waals surface area contributed by atoms with Crippen LogP contribution in [0.1, 0.15) is 122 Å². The Balaban J connectivity index is 0.000000642. The van der Waals surface area contributed by atoms with Gasteiger partial charge in [0.2, 0.25) is 0 Å². The number of rotatable bonds is 14. The van der Waals surface area contributed by atoms with Gasteiger partial charge in [0.1, 0.15) is 0 Å². The minimum atomic E-state index is -0.655. The van der Waals surface area contributed by atoms with Crippen LogP contribution in [-0.2, 0) is 14.3 Å². The summed E-state index contributed by atoms with van der Waals surface area (Å²) in [7, 11) is 0. The summed E-state index contributed by atoms with van der Waals surface area (Å²) in [6.45, 7) is 2.90. The topological polar surface area (TPSA) is 63.6 Å². The van der Waals surface area contributed by atoms with Gasteiger partial charge in [-0.1, -0.05) is 84.0 Å². The number of esters is 1. The standard InChI is InChI=1S/C16H32O2.C6H10O2/c1-2-3-4-5-6-7-8-9-10-11-12-13-14-15-16(17)18;7-6-4-2-1-3-5-8-6/h2-15H2,1H3,(H,17,18);1-5H2. The quantitative estimate of drug-likeness (QED) is 0.274. The van der Waals surface area contributed by atoms with E-state index in [1.807, 2.05) is 0 Å². The zero-order valence-corrected chi connectivity index (χ0v) is 17.1. The molecule has 4 nitrogen and oxygen atoms in total. The second-order valence-corrected chi connectivity index (χ2v) is 7.42. The van der Waals surface area contributed by atoms with Crippen LogP contribution in [0.4, 0.5) is 0 Å². The molecule has 0 spiro atoms. The van der Waals surface area contributed by atoms with Gasteiger partial charge in [-0.25, -0.2) is 0 Å². The van der Waals surface area contributed by atoms with Crippen molar-refractivity contribution in [3.8, 4) is 0 Å². The summed E-state index contributed by atoms with van der Waals surface area (Å²) >= 11 is 0. The Labute approximate surface area is 161 Å². The van der Waals surface area contributed by atoms with Crippen LogP contribution in [0, 0.1) is 0 Å². The number of cyclic esters (lactones) is 1. The van der Waals surface area contributed by atoms with Crippen LogP contribution in [0.5, 0.6) is 0 Å². The number of unbranched alkanes of at least 4 members (excludes halogenated alkanes) is 12. The van der Waals surface area contributed by atoms with Crippen LogP contribution in [0.25, 0.3) is 0 Å². The Hall–Kier alpha value is -1.06. The molecule has 0 unspecified atom stereocenters. The SMILES string of the molecule is CCCCCCCCCCCCCCCC(=O)O.O=C1CCCCCO1. The van der Waals surface area contributed by atoms with Crippen molar-refractivity contribution >= 4 is 11.9 Å². The van der Waals surface area contributed by atoms with Gasteiger partial charge in [0.05, 0.1) is 6.61 Å². The van der Waals surface area contributed by atoms with E-state index in [-0.39, 0.29) is 5.97 Å². The summed E-state index contributed by atoms with van der Waals surface area (Å²) in [4.78, 5) is 20.8. The molecule has 0 amide bonds. The van der Waals surface area contributed by atoms with Crippen LogP contribution in [0.3, 0.4) is 0 Å². The van der Waals surface area contributed by atoms with E-state index in [4.69, 9.17) is 9.84 Å². The lowest BCUT2D eigenvalue weighted by Crippen LogP contribution is -2.00. The second-order valence-electron chi connectivity index (χ2n) is 7.42. The Morgan fingerprint density at radius 1 is 0.808 bits per heavy atom. The van der Waals surface area contributed by atoms with Crippen molar-refractivity contribution in [2.24, 2.45) is 0 Å². The highest BCUT2D eigenvalue weighted by Crippen LogP contribution is 2.12. The minimum Gasteiger partial charge on any atom is -0.481 e. The lowest BCUT2D eigenvalue weighted by molar-refractivity contribution is -0.142. The van der Waals surface area contributed by atoms with Crippen molar-refractivity contribution in [1.82, 2.24) is 0 Å². The molecule has 0 aromatic heterocycles. The third kappa shape index (κ3) is 21.0. The number of carboxylic acids is 1. The van der Waals surface area contributed by atoms with Crippen LogP contribution < -0.4 is 0 Å². The third-order valence-corrected chi connectivity index (χ3v) is 4.78. The fourth-order valence-corrected chi connectivity index (χ4v) is 3.10. The van der Waals surface area contributed by atoms with Gasteiger partial charge >= 0.3 is 11.9 Å². The van der Waals surface area contributed by atoms with Crippen molar-refractivity contribution < 1.29 is 19.4 Å². The molecule has 0 radical (unpaired) electrons. The maximum Gasteiger partial charge on any atom is 0.305 e. The zero-order valence-electron chi connectivity index (χ0n) is 17.1. The highest BCUT2D eigenvalue weighted by atomic mass is 16.5. The molecule has 1 aliphatic rings. The Kier molecular flexibility index (Phi) is 19.4. The summed E-state index contributed by atoms with van der Waals surface area (Å²) in [5, 5.41) is 8.49. The van der Waals surface area contributed by atoms with Crippen molar-refractivity contribution in [3.05, 3.63) is 0 Å². The number of hydrogen-bond donors (Lipinski definition) is 1. The molecule has 0 saturated carbocycles. The molecule has 1 rings (SSSR count). The lowest BCUT2D eigenvalue weighted by Gasteiger charge is -2.02. The number of hydrogen-bond acceptors (Lipinski definition) is 3. The summed E-state index contributed by atoms with van der Waals surface area (Å²) in [6.07, 6.45) is 21.1. The van der Waals surface area contributed by atoms with Crippen LogP contribution in [0.2, 0.25) is 0 Å². The molecule has 4 heteroatoms. The van der Waals surface area contributed by atoms with Crippen molar-refractivity contribution in [1.29, 1.82) is 0 Å². The summed E-state index contributed by atoms with van der Waals surface area (Å²) < 4.78 is 4.76. The van der Waals surface area contributed by atoms with Crippen LogP contribution >= 0.6 is 0 Å². The molecule has 0 bridgehead atoms. The van der Waals surface area contributed by atoms with Crippen molar-refractivity contribution in [2.45, 2.75) is 122 Å². The van der Waals surface area contributed by atoms with E-state index in [0.717, 1.165) is 32.1 Å². The molecule has 1 heterocycles. The van der Waals surface area contributed by atoms with Gasteiger partial charge in [0.25, 0.3) is 0 Å². The molecule has 0 aliphatic carbocycles. The zero-order chi connectivity index (χ0) is 19.3. The summed E-state index contributed by atoms with van der Waals surface area (Å²) in [5.41, 5.74) is 0. The fourth-order valence-electron chi connectivity index (χ4n) is 3.10. The molecule has 0 aromatic rings. The van der Waals surface area contributed by atoms with E-state index in [2.05, 4.69) is 6.92 Å². The maximum atomic E-state index is 10.5. The first-order valence-corrected chi connectivity index (χ1v) is 11.0. The van der Waals surface area contributed by atoms with Gasteiger partial charge in [-0.15, -0.1) is 0 Å². The average molecular weight is 371 g/mol. The molecule has 1 saturated heterocycles. The van der Waals surface area contributed by atoms with E-state index in [9.17, 15) is 9.59 Å². The van der Waals surface area contributed by atoms with Gasteiger partial charge in [-0.2, -0.15) is 0 Å². The summed E-state index contributed by atoms with van der Waals surface area (Å²) in [5.74, 6) is -0.680. The van der Waals surface area contributed by atoms with E-state index in [1.165, 1.54) is 70.6 Å². The maximum absolute atomic E-state index is 10.5. The Morgan fingerprint density at radius 3 is 1.81 bits per heavy atom. The number of aliphatic carboxylic acids is 1. The number of carbonyl (C=O) groups is 2. The monoisotopic (exact) mass is 370 g/mol. The van der Waals surface area contributed by atoms with E-state index < -0.39 is 5.97 Å². The smallest absolute Gasteiger partial charge is 0.305 e. The average Bonchev–Trinajstić information content (AvgIpc) is 2.87. The molecule has 0 aromatic carbocycles. The first-order valence-electron chi connectivity index (χ1n) is 11.0. The van der Waals surface area contributed by atoms with Crippen LogP contribution in [0.15, 0.2) is 0 Å². The Bertz CT molecular complexity index is 318. The fraction of sp³-hybridized carbons (Fsp3) is 0.909. The number of carbonyl (C=O) groups excluding carboxylic acids is 1. The van der Waals surface area contributed by atoms with E-state index >= 15 is 0 Å². The first-order chi connectivity index (χ1) is 12.7. The molecule has 1 N–H and O–H groups in total. The molecule has 26 heavy (non-hydrogen) atoms. The van der Waals surface area contributed by atoms with E-state index in [1.54, 1.807) is 0 Å². The van der Waals surface area contributed by atoms with Gasteiger partial charge in [0, 0.05) is 12.8 Å². The first kappa shape index (κ1) is 24.9. The molecule has 0 atom stereocenters. The Morgan fingerprint density at radius 2 is 1.31 bits per heavy atom. The highest BCUT2D eigenvalue weighted by molar-refractivity contribution is 5.69. The van der Waals surface area contributed by atoms with Crippen molar-refractivity contribution in [3.63, 3.8) is 0 Å².